The molecule has 2 saturated carbocycles. The quantitative estimate of drug-likeness (QED) is 0.495. The Hall–Kier alpha value is -2.44. The van der Waals surface area contributed by atoms with E-state index in [0.717, 1.165) is 62.9 Å². The van der Waals surface area contributed by atoms with Crippen molar-refractivity contribution in [1.82, 2.24) is 10.1 Å². The monoisotopic (exact) mass is 441 g/mol. The highest BCUT2D eigenvalue weighted by molar-refractivity contribution is 5.99. The molecule has 2 aromatic rings. The van der Waals surface area contributed by atoms with Gasteiger partial charge in [-0.05, 0) is 68.4 Å². The number of piperidine rings is 1. The van der Waals surface area contributed by atoms with Crippen LogP contribution in [0.5, 0.6) is 5.75 Å². The van der Waals surface area contributed by atoms with Gasteiger partial charge in [0.1, 0.15) is 11.6 Å². The third kappa shape index (κ3) is 4.66. The van der Waals surface area contributed by atoms with Crippen LogP contribution in [0.3, 0.4) is 0 Å². The molecule has 3 fully saturated rings. The van der Waals surface area contributed by atoms with E-state index in [1.165, 1.54) is 12.5 Å². The number of anilines is 1. The van der Waals surface area contributed by atoms with Crippen molar-refractivity contribution >= 4 is 11.8 Å². The standard InChI is InChI=1S/C25H32FN3O3/c1-15(2)24-27-25(32-28-24)29-10-7-16(8-11-29)21-13-18(21)9-12-31-19-5-6-20(22(26)14-19)23(30)17-3-4-17/h5-6,14-18,21H,3-4,7-13H2,1-2H3/t18-,21-/m1/s1. The summed E-state index contributed by atoms with van der Waals surface area (Å²) in [5, 5.41) is 4.08. The first-order valence-corrected chi connectivity index (χ1v) is 12.0. The second-order valence-electron chi connectivity index (χ2n) is 9.99. The minimum Gasteiger partial charge on any atom is -0.493 e. The predicted octanol–water partition coefficient (Wildman–Crippen LogP) is 5.25. The molecule has 6 nitrogen and oxygen atoms in total. The van der Waals surface area contributed by atoms with Crippen molar-refractivity contribution in [2.24, 2.45) is 23.7 Å². The lowest BCUT2D eigenvalue weighted by atomic mass is 9.90. The van der Waals surface area contributed by atoms with Crippen LogP contribution in [0, 0.1) is 29.5 Å². The van der Waals surface area contributed by atoms with Gasteiger partial charge < -0.3 is 14.2 Å². The van der Waals surface area contributed by atoms with Crippen molar-refractivity contribution in [3.63, 3.8) is 0 Å². The highest BCUT2D eigenvalue weighted by atomic mass is 19.1. The number of aromatic nitrogens is 2. The van der Waals surface area contributed by atoms with Gasteiger partial charge in [-0.3, -0.25) is 4.79 Å². The van der Waals surface area contributed by atoms with Crippen molar-refractivity contribution < 1.29 is 18.4 Å². The van der Waals surface area contributed by atoms with Crippen LogP contribution in [0.4, 0.5) is 10.4 Å². The molecule has 5 rings (SSSR count). The number of nitrogens with zero attached hydrogens (tertiary/aromatic N) is 3. The van der Waals surface area contributed by atoms with Crippen molar-refractivity contribution in [3.05, 3.63) is 35.4 Å². The van der Waals surface area contributed by atoms with Gasteiger partial charge in [0.25, 0.3) is 0 Å². The maximum Gasteiger partial charge on any atom is 0.324 e. The summed E-state index contributed by atoms with van der Waals surface area (Å²) in [5.41, 5.74) is 0.203. The molecule has 0 amide bonds. The maximum absolute atomic E-state index is 14.3. The molecule has 1 aromatic heterocycles. The number of carbonyl (C=O) groups excluding carboxylic acids is 1. The Kier molecular flexibility index (Phi) is 5.91. The van der Waals surface area contributed by atoms with Gasteiger partial charge in [-0.25, -0.2) is 4.39 Å². The van der Waals surface area contributed by atoms with Crippen molar-refractivity contribution in [2.75, 3.05) is 24.6 Å². The molecule has 0 spiro atoms. The van der Waals surface area contributed by atoms with Crippen LogP contribution in [0.15, 0.2) is 22.7 Å². The van der Waals surface area contributed by atoms with Gasteiger partial charge in [0.05, 0.1) is 12.2 Å². The predicted molar refractivity (Wildman–Crippen MR) is 118 cm³/mol. The summed E-state index contributed by atoms with van der Waals surface area (Å²) in [5.74, 6) is 3.27. The molecule has 1 aromatic carbocycles. The fourth-order valence-corrected chi connectivity index (χ4v) is 4.97. The number of hydrogen-bond donors (Lipinski definition) is 0. The Bertz CT molecular complexity index is 963. The first-order valence-electron chi connectivity index (χ1n) is 12.0. The van der Waals surface area contributed by atoms with E-state index >= 15 is 0 Å². The number of hydrogen-bond acceptors (Lipinski definition) is 6. The van der Waals surface area contributed by atoms with E-state index in [1.54, 1.807) is 12.1 Å². The first-order chi connectivity index (χ1) is 15.5. The van der Waals surface area contributed by atoms with Crippen LogP contribution < -0.4 is 9.64 Å². The zero-order valence-electron chi connectivity index (χ0n) is 18.9. The molecule has 0 unspecified atom stereocenters. The summed E-state index contributed by atoms with van der Waals surface area (Å²) in [6.07, 6.45) is 6.33. The summed E-state index contributed by atoms with van der Waals surface area (Å²) in [4.78, 5) is 18.8. The minimum atomic E-state index is -0.461. The summed E-state index contributed by atoms with van der Waals surface area (Å²) in [6, 6.07) is 5.32. The molecule has 1 saturated heterocycles. The first kappa shape index (κ1) is 21.4. The van der Waals surface area contributed by atoms with Crippen LogP contribution in [0.1, 0.15) is 74.5 Å². The Morgan fingerprint density at radius 3 is 2.69 bits per heavy atom. The van der Waals surface area contributed by atoms with Crippen LogP contribution in [0.25, 0.3) is 0 Å². The lowest BCUT2D eigenvalue weighted by Crippen LogP contribution is -2.34. The molecule has 0 bridgehead atoms. The lowest BCUT2D eigenvalue weighted by Gasteiger charge is -2.30. The summed E-state index contributed by atoms with van der Waals surface area (Å²) in [7, 11) is 0. The van der Waals surface area contributed by atoms with E-state index in [1.807, 2.05) is 0 Å². The second-order valence-corrected chi connectivity index (χ2v) is 9.99. The van der Waals surface area contributed by atoms with Crippen LogP contribution >= 0.6 is 0 Å². The van der Waals surface area contributed by atoms with Crippen molar-refractivity contribution in [3.8, 4) is 5.75 Å². The average Bonchev–Trinajstić information content (AvgIpc) is 3.71. The molecule has 2 aliphatic carbocycles. The van der Waals surface area contributed by atoms with Gasteiger partial charge in [-0.1, -0.05) is 19.0 Å². The van der Waals surface area contributed by atoms with E-state index in [9.17, 15) is 9.18 Å². The molecule has 0 N–H and O–H groups in total. The van der Waals surface area contributed by atoms with Crippen LogP contribution in [0.2, 0.25) is 0 Å². The van der Waals surface area contributed by atoms with E-state index in [-0.39, 0.29) is 23.2 Å². The number of ether oxygens (including phenoxy) is 1. The third-order valence-corrected chi connectivity index (χ3v) is 7.25. The Morgan fingerprint density at radius 1 is 1.25 bits per heavy atom. The zero-order chi connectivity index (χ0) is 22.2. The number of rotatable bonds is 9. The van der Waals surface area contributed by atoms with E-state index in [4.69, 9.17) is 9.26 Å². The minimum absolute atomic E-state index is 0.0273. The molecule has 2 atom stereocenters. The fourth-order valence-electron chi connectivity index (χ4n) is 4.97. The van der Waals surface area contributed by atoms with E-state index in [2.05, 4.69) is 28.9 Å². The second kappa shape index (κ2) is 8.83. The van der Waals surface area contributed by atoms with Crippen LogP contribution in [-0.4, -0.2) is 35.6 Å². The smallest absolute Gasteiger partial charge is 0.324 e. The summed E-state index contributed by atoms with van der Waals surface area (Å²) < 4.78 is 25.5. The van der Waals surface area contributed by atoms with Gasteiger partial charge >= 0.3 is 6.01 Å². The summed E-state index contributed by atoms with van der Waals surface area (Å²) >= 11 is 0. The van der Waals surface area contributed by atoms with Gasteiger partial charge in [0.2, 0.25) is 0 Å². The average molecular weight is 442 g/mol. The molecule has 7 heteroatoms. The number of ketones is 1. The van der Waals surface area contributed by atoms with Gasteiger partial charge in [0.15, 0.2) is 11.6 Å². The van der Waals surface area contributed by atoms with E-state index < -0.39 is 5.82 Å². The molecule has 172 valence electrons. The number of carbonyl (C=O) groups is 1. The summed E-state index contributed by atoms with van der Waals surface area (Å²) in [6.45, 7) is 6.67. The van der Waals surface area contributed by atoms with Crippen LogP contribution in [-0.2, 0) is 0 Å². The zero-order valence-corrected chi connectivity index (χ0v) is 18.9. The molecular formula is C25H32FN3O3. The molecule has 1 aliphatic heterocycles. The number of Topliss-reactive ketones (excluding diaryl/α,β-unsaturated/α-hetero) is 1. The van der Waals surface area contributed by atoms with Crippen molar-refractivity contribution in [2.45, 2.75) is 58.3 Å². The number of benzene rings is 1. The fraction of sp³-hybridized carbons (Fsp3) is 0.640. The van der Waals surface area contributed by atoms with Gasteiger partial charge in [0, 0.05) is 31.0 Å². The highest BCUT2D eigenvalue weighted by Gasteiger charge is 2.43. The third-order valence-electron chi connectivity index (χ3n) is 7.25. The Labute approximate surface area is 188 Å². The normalized spacial score (nSPS) is 23.6. The molecule has 0 radical (unpaired) electrons. The highest BCUT2D eigenvalue weighted by Crippen LogP contribution is 2.50. The molecule has 2 heterocycles. The van der Waals surface area contributed by atoms with Gasteiger partial charge in [-0.2, -0.15) is 4.98 Å². The topological polar surface area (TPSA) is 68.5 Å². The lowest BCUT2D eigenvalue weighted by molar-refractivity contribution is 0.0963. The Balaban J connectivity index is 1.04. The van der Waals surface area contributed by atoms with E-state index in [0.29, 0.717) is 24.3 Å². The SMILES string of the molecule is CC(C)c1noc(N2CCC([C@H]3C[C@H]3CCOc3ccc(C(=O)C4CC4)c(F)c3)CC2)n1. The molecule has 3 aliphatic rings. The van der Waals surface area contributed by atoms with Crippen molar-refractivity contribution in [1.29, 1.82) is 0 Å². The molecular weight excluding hydrogens is 409 g/mol. The number of halogens is 1. The molecule has 32 heavy (non-hydrogen) atoms. The Morgan fingerprint density at radius 2 is 2.03 bits per heavy atom. The maximum atomic E-state index is 14.3. The van der Waals surface area contributed by atoms with Gasteiger partial charge in [-0.15, -0.1) is 0 Å². The largest absolute Gasteiger partial charge is 0.493 e.